The van der Waals surface area contributed by atoms with E-state index in [1.165, 1.54) is 0 Å². The molecule has 32 heavy (non-hydrogen) atoms. The molecular formula is C14H34N2O14Si2. The minimum atomic E-state index is -4.04. The number of hydrogen-bond acceptors (Lipinski definition) is 15. The number of hydrogen-bond donors (Lipinski definition) is 11. The molecule has 0 bridgehead atoms. The average molecular weight is 511 g/mol. The molecule has 1 aliphatic heterocycles. The fraction of sp³-hybridized carbons (Fsp3) is 0.857. The van der Waals surface area contributed by atoms with Crippen molar-refractivity contribution >= 4 is 29.9 Å². The molecule has 1 saturated heterocycles. The first-order valence-corrected chi connectivity index (χ1v) is 13.5. The molecule has 1 heterocycles. The molecule has 1 rings (SSSR count). The van der Waals surface area contributed by atoms with Crippen LogP contribution in [-0.2, 0) is 14.2 Å². The van der Waals surface area contributed by atoms with Crippen molar-refractivity contribution in [1.82, 2.24) is 5.32 Å². The fourth-order valence-electron chi connectivity index (χ4n) is 1.59. The Labute approximate surface area is 186 Å². The first-order chi connectivity index (χ1) is 14.7. The second kappa shape index (κ2) is 18.1. The summed E-state index contributed by atoms with van der Waals surface area (Å²) in [4.78, 5) is 71.9. The van der Waals surface area contributed by atoms with Crippen LogP contribution in [0.2, 0.25) is 12.1 Å². The van der Waals surface area contributed by atoms with Crippen LogP contribution < -0.4 is 11.1 Å². The number of nitrogens with one attached hydrogen (secondary N) is 1. The summed E-state index contributed by atoms with van der Waals surface area (Å²) in [6, 6.07) is -0.129. The maximum absolute atomic E-state index is 10.9. The predicted octanol–water partition coefficient (Wildman–Crippen LogP) is -4.86. The van der Waals surface area contributed by atoms with E-state index in [-0.39, 0.29) is 44.9 Å². The molecule has 0 aromatic carbocycles. The third-order valence-electron chi connectivity index (χ3n) is 3.15. The van der Waals surface area contributed by atoms with Gasteiger partial charge in [-0.2, -0.15) is 0 Å². The van der Waals surface area contributed by atoms with E-state index in [2.05, 4.69) is 19.5 Å². The quantitative estimate of drug-likeness (QED) is 0.0705. The molecule has 1 fully saturated rings. The summed E-state index contributed by atoms with van der Waals surface area (Å²) < 4.78 is 13.2. The monoisotopic (exact) mass is 510 g/mol. The van der Waals surface area contributed by atoms with Crippen molar-refractivity contribution in [2.75, 3.05) is 39.5 Å². The number of amides is 1. The Kier molecular flexibility index (Phi) is 18.5. The number of rotatable bonds is 11. The van der Waals surface area contributed by atoms with Crippen LogP contribution in [0.3, 0.4) is 0 Å². The van der Waals surface area contributed by atoms with Crippen molar-refractivity contribution in [3.05, 3.63) is 0 Å². The van der Waals surface area contributed by atoms with Gasteiger partial charge in [0.05, 0.1) is 13.2 Å². The topological polar surface area (TPSA) is 282 Å². The number of aliphatic hydroxyl groups is 3. The van der Waals surface area contributed by atoms with E-state index >= 15 is 0 Å². The highest BCUT2D eigenvalue weighted by Gasteiger charge is 2.26. The van der Waals surface area contributed by atoms with Crippen molar-refractivity contribution in [3.63, 3.8) is 0 Å². The van der Waals surface area contributed by atoms with Gasteiger partial charge in [-0.1, -0.05) is 0 Å². The van der Waals surface area contributed by atoms with Gasteiger partial charge >= 0.3 is 29.9 Å². The summed E-state index contributed by atoms with van der Waals surface area (Å²) in [6.45, 7) is -0.302. The number of carbonyl (C=O) groups excluding carboxylic acids is 2. The number of cyclic esters (lactones) is 2. The molecule has 16 nitrogen and oxygen atoms in total. The smallest absolute Gasteiger partial charge is 0.447 e. The van der Waals surface area contributed by atoms with Crippen molar-refractivity contribution < 1.29 is 67.9 Å². The lowest BCUT2D eigenvalue weighted by Crippen LogP contribution is -2.36. The Morgan fingerprint density at radius 1 is 1.12 bits per heavy atom. The van der Waals surface area contributed by atoms with E-state index < -0.39 is 48.7 Å². The Morgan fingerprint density at radius 2 is 1.69 bits per heavy atom. The molecule has 0 aromatic heterocycles. The number of ether oxygens (including phenoxy) is 3. The van der Waals surface area contributed by atoms with Crippen LogP contribution in [0.4, 0.5) is 9.59 Å². The molecule has 0 spiro atoms. The minimum Gasteiger partial charge on any atom is -0.447 e. The summed E-state index contributed by atoms with van der Waals surface area (Å²) in [5, 5.41) is 27.8. The minimum absolute atomic E-state index is 0.0451. The lowest BCUT2D eigenvalue weighted by Gasteiger charge is -2.11. The van der Waals surface area contributed by atoms with Crippen molar-refractivity contribution in [3.8, 4) is 0 Å². The van der Waals surface area contributed by atoms with Gasteiger partial charge in [-0.25, -0.2) is 9.59 Å². The van der Waals surface area contributed by atoms with Crippen molar-refractivity contribution in [2.24, 2.45) is 5.73 Å². The molecule has 0 radical (unpaired) electrons. The van der Waals surface area contributed by atoms with E-state index in [1.807, 2.05) is 0 Å². The molecule has 192 valence electrons. The standard InChI is InChI=1S/C7H17NO7Si.C4H6O4.C3H11NO3Si/c9-4-6(10)5-15-7(11)8-2-1-3-16(12,13)14;5-1-3-2-7-4(6)8-3;4-2-1-3-8(5,6)7/h6,9-10,12-14H,1-5H2,(H,8,11);3,5H,1-2H2;5-7H,1-4H2. The summed E-state index contributed by atoms with van der Waals surface area (Å²) in [5.74, 6) is 0. The second-order valence-corrected chi connectivity index (χ2v) is 10.5. The summed E-state index contributed by atoms with van der Waals surface area (Å²) in [7, 11) is -7.79. The zero-order valence-electron chi connectivity index (χ0n) is 17.4. The molecule has 0 aromatic rings. The maximum atomic E-state index is 10.9. The first-order valence-electron chi connectivity index (χ1n) is 9.42. The van der Waals surface area contributed by atoms with Crippen LogP contribution in [-0.4, -0.2) is 126 Å². The number of carbonyl (C=O) groups is 2. The molecule has 12 N–H and O–H groups in total. The molecule has 1 amide bonds. The highest BCUT2D eigenvalue weighted by atomic mass is 28.4. The first kappa shape index (κ1) is 32.8. The number of aliphatic hydroxyl groups excluding tert-OH is 3. The van der Waals surface area contributed by atoms with Gasteiger partial charge in [0.2, 0.25) is 0 Å². The fourth-order valence-corrected chi connectivity index (χ4v) is 2.92. The normalized spacial score (nSPS) is 16.4. The predicted molar refractivity (Wildman–Crippen MR) is 108 cm³/mol. The molecule has 18 heteroatoms. The Balaban J connectivity index is 0. The zero-order chi connectivity index (χ0) is 25.2. The highest BCUT2D eigenvalue weighted by Crippen LogP contribution is 2.03. The molecular weight excluding hydrogens is 476 g/mol. The van der Waals surface area contributed by atoms with E-state index in [0.29, 0.717) is 13.0 Å². The average Bonchev–Trinajstić information content (AvgIpc) is 3.13. The second-order valence-electron chi connectivity index (χ2n) is 6.39. The van der Waals surface area contributed by atoms with Gasteiger partial charge in [-0.05, 0) is 19.4 Å². The molecule has 0 aliphatic carbocycles. The van der Waals surface area contributed by atoms with Crippen LogP contribution in [0, 0.1) is 0 Å². The van der Waals surface area contributed by atoms with E-state index in [9.17, 15) is 9.59 Å². The Bertz CT molecular complexity index is 503. The van der Waals surface area contributed by atoms with E-state index in [0.717, 1.165) is 0 Å². The van der Waals surface area contributed by atoms with Gasteiger partial charge in [0.25, 0.3) is 0 Å². The van der Waals surface area contributed by atoms with Gasteiger partial charge in [0, 0.05) is 18.6 Å². The van der Waals surface area contributed by atoms with E-state index in [4.69, 9.17) is 49.8 Å². The van der Waals surface area contributed by atoms with Crippen LogP contribution in [0.1, 0.15) is 12.8 Å². The Morgan fingerprint density at radius 3 is 2.03 bits per heavy atom. The van der Waals surface area contributed by atoms with Crippen LogP contribution >= 0.6 is 0 Å². The molecule has 2 atom stereocenters. The lowest BCUT2D eigenvalue weighted by molar-refractivity contribution is 0.0322. The van der Waals surface area contributed by atoms with Crippen molar-refractivity contribution in [1.29, 1.82) is 0 Å². The third-order valence-corrected chi connectivity index (χ3v) is 5.19. The highest BCUT2D eigenvalue weighted by molar-refractivity contribution is 6.56. The van der Waals surface area contributed by atoms with Crippen molar-refractivity contribution in [2.45, 2.75) is 37.1 Å². The molecule has 1 aliphatic rings. The SMILES string of the molecule is NCCC[Si](O)(O)O.O=C(NCCC[Si](O)(O)O)OCC(O)CO.O=C1OCC(CO)O1. The van der Waals surface area contributed by atoms with Gasteiger partial charge in [-0.15, -0.1) is 0 Å². The van der Waals surface area contributed by atoms with Crippen LogP contribution in [0.25, 0.3) is 0 Å². The Hall–Kier alpha value is -1.43. The van der Waals surface area contributed by atoms with Crippen LogP contribution in [0.5, 0.6) is 0 Å². The summed E-state index contributed by atoms with van der Waals surface area (Å²) >= 11 is 0. The third kappa shape index (κ3) is 24.8. The van der Waals surface area contributed by atoms with Gasteiger partial charge in [0.1, 0.15) is 19.3 Å². The van der Waals surface area contributed by atoms with E-state index in [1.54, 1.807) is 0 Å². The van der Waals surface area contributed by atoms with Gasteiger partial charge < -0.3 is 69.4 Å². The molecule has 0 saturated carbocycles. The van der Waals surface area contributed by atoms with Gasteiger partial charge in [-0.3, -0.25) is 0 Å². The number of alkyl carbamates (subject to hydrolysis) is 1. The summed E-state index contributed by atoms with van der Waals surface area (Å²) in [5.41, 5.74) is 5.02. The zero-order valence-corrected chi connectivity index (χ0v) is 19.4. The lowest BCUT2D eigenvalue weighted by atomic mass is 10.4. The number of nitrogens with two attached hydrogens (primary N) is 1. The van der Waals surface area contributed by atoms with Gasteiger partial charge in [0.15, 0.2) is 6.10 Å². The maximum Gasteiger partial charge on any atom is 0.508 e. The molecule has 2 unspecified atom stereocenters. The summed E-state index contributed by atoms with van der Waals surface area (Å²) in [6.07, 6.45) is -2.36. The van der Waals surface area contributed by atoms with Crippen LogP contribution in [0.15, 0.2) is 0 Å². The largest absolute Gasteiger partial charge is 0.508 e.